The summed E-state index contributed by atoms with van der Waals surface area (Å²) in [5.41, 5.74) is 0. The van der Waals surface area contributed by atoms with Crippen LogP contribution < -0.4 is 0 Å². The summed E-state index contributed by atoms with van der Waals surface area (Å²) in [6.07, 6.45) is 6.71. The molecule has 0 aromatic heterocycles. The molecular formula is C12H22N2O. The number of nitrogens with zero attached hydrogens (tertiary/aromatic N) is 2. The molecular weight excluding hydrogens is 188 g/mol. The van der Waals surface area contributed by atoms with Crippen molar-refractivity contribution >= 4 is 5.91 Å². The number of carbonyl (C=O) groups excluding carboxylic acids is 1. The van der Waals surface area contributed by atoms with Crippen LogP contribution >= 0.6 is 0 Å². The summed E-state index contributed by atoms with van der Waals surface area (Å²) in [7, 11) is 0. The first kappa shape index (κ1) is 10.9. The van der Waals surface area contributed by atoms with E-state index < -0.39 is 0 Å². The Kier molecular flexibility index (Phi) is 3.62. The van der Waals surface area contributed by atoms with Crippen molar-refractivity contribution in [2.75, 3.05) is 26.2 Å². The van der Waals surface area contributed by atoms with Gasteiger partial charge in [0.15, 0.2) is 0 Å². The second kappa shape index (κ2) is 4.97. The lowest BCUT2D eigenvalue weighted by atomic mass is 9.94. The third kappa shape index (κ3) is 2.51. The predicted molar refractivity (Wildman–Crippen MR) is 60.7 cm³/mol. The number of rotatable bonds is 2. The van der Waals surface area contributed by atoms with Crippen molar-refractivity contribution in [3.05, 3.63) is 0 Å². The summed E-state index contributed by atoms with van der Waals surface area (Å²) in [5.74, 6) is 0.328. The van der Waals surface area contributed by atoms with Crippen molar-refractivity contribution in [2.45, 2.75) is 45.1 Å². The smallest absolute Gasteiger partial charge is 0.236 e. The minimum atomic E-state index is 0.328. The molecule has 0 radical (unpaired) electrons. The van der Waals surface area contributed by atoms with Gasteiger partial charge in [0.25, 0.3) is 0 Å². The second-order valence-electron chi connectivity index (χ2n) is 4.74. The van der Waals surface area contributed by atoms with Gasteiger partial charge in [-0.05, 0) is 19.8 Å². The van der Waals surface area contributed by atoms with Gasteiger partial charge in [0, 0.05) is 25.7 Å². The van der Waals surface area contributed by atoms with Crippen LogP contribution in [0.25, 0.3) is 0 Å². The first-order valence-electron chi connectivity index (χ1n) is 6.33. The molecule has 2 rings (SSSR count). The van der Waals surface area contributed by atoms with E-state index in [1.807, 2.05) is 4.90 Å². The molecule has 0 atom stereocenters. The zero-order valence-corrected chi connectivity index (χ0v) is 9.74. The molecule has 2 fully saturated rings. The topological polar surface area (TPSA) is 23.6 Å². The van der Waals surface area contributed by atoms with Gasteiger partial charge in [-0.3, -0.25) is 9.69 Å². The van der Waals surface area contributed by atoms with Crippen LogP contribution in [-0.2, 0) is 4.79 Å². The zero-order chi connectivity index (χ0) is 10.7. The Morgan fingerprint density at radius 1 is 1.20 bits per heavy atom. The van der Waals surface area contributed by atoms with Gasteiger partial charge in [0.05, 0.1) is 6.54 Å². The van der Waals surface area contributed by atoms with Crippen molar-refractivity contribution in [3.8, 4) is 0 Å². The summed E-state index contributed by atoms with van der Waals surface area (Å²) in [4.78, 5) is 16.1. The molecule has 2 aliphatic rings. The molecule has 3 heteroatoms. The van der Waals surface area contributed by atoms with Gasteiger partial charge in [-0.25, -0.2) is 0 Å². The summed E-state index contributed by atoms with van der Waals surface area (Å²) in [5, 5.41) is 0. The minimum Gasteiger partial charge on any atom is -0.341 e. The highest BCUT2D eigenvalue weighted by Crippen LogP contribution is 2.23. The molecule has 1 heterocycles. The van der Waals surface area contributed by atoms with Crippen molar-refractivity contribution in [2.24, 2.45) is 0 Å². The average Bonchev–Trinajstić information content (AvgIpc) is 2.30. The molecule has 0 unspecified atom stereocenters. The van der Waals surface area contributed by atoms with Crippen molar-refractivity contribution in [3.63, 3.8) is 0 Å². The number of likely N-dealkylation sites (N-methyl/N-ethyl adjacent to an activating group) is 1. The molecule has 0 bridgehead atoms. The third-order valence-corrected chi connectivity index (χ3v) is 3.82. The fraction of sp³-hybridized carbons (Fsp3) is 0.917. The molecule has 0 aromatic rings. The SMILES string of the molecule is CCN1CCN(C2CCCCC2)CC1=O. The normalized spacial score (nSPS) is 25.9. The maximum atomic E-state index is 11.8. The van der Waals surface area contributed by atoms with Crippen LogP contribution in [0.5, 0.6) is 0 Å². The van der Waals surface area contributed by atoms with E-state index >= 15 is 0 Å². The minimum absolute atomic E-state index is 0.328. The lowest BCUT2D eigenvalue weighted by Crippen LogP contribution is -2.53. The fourth-order valence-corrected chi connectivity index (χ4v) is 2.82. The molecule has 3 nitrogen and oxygen atoms in total. The van der Waals surface area contributed by atoms with E-state index in [2.05, 4.69) is 11.8 Å². The third-order valence-electron chi connectivity index (χ3n) is 3.82. The van der Waals surface area contributed by atoms with E-state index in [0.717, 1.165) is 19.6 Å². The van der Waals surface area contributed by atoms with Crippen molar-refractivity contribution in [1.82, 2.24) is 9.80 Å². The van der Waals surface area contributed by atoms with Crippen molar-refractivity contribution in [1.29, 1.82) is 0 Å². The van der Waals surface area contributed by atoms with Gasteiger partial charge in [-0.2, -0.15) is 0 Å². The molecule has 1 amide bonds. The van der Waals surface area contributed by atoms with Gasteiger partial charge >= 0.3 is 0 Å². The van der Waals surface area contributed by atoms with E-state index in [1.165, 1.54) is 32.1 Å². The molecule has 0 N–H and O–H groups in total. The van der Waals surface area contributed by atoms with Crippen LogP contribution in [0.4, 0.5) is 0 Å². The van der Waals surface area contributed by atoms with Gasteiger partial charge < -0.3 is 4.90 Å². The Morgan fingerprint density at radius 2 is 1.93 bits per heavy atom. The molecule has 0 spiro atoms. The van der Waals surface area contributed by atoms with Crippen LogP contribution in [0.15, 0.2) is 0 Å². The molecule has 1 aliphatic heterocycles. The highest BCUT2D eigenvalue weighted by molar-refractivity contribution is 5.79. The number of carbonyl (C=O) groups is 1. The van der Waals surface area contributed by atoms with E-state index in [4.69, 9.17) is 0 Å². The largest absolute Gasteiger partial charge is 0.341 e. The van der Waals surface area contributed by atoms with Gasteiger partial charge in [0.2, 0.25) is 5.91 Å². The molecule has 15 heavy (non-hydrogen) atoms. The molecule has 86 valence electrons. The van der Waals surface area contributed by atoms with Crippen LogP contribution in [0, 0.1) is 0 Å². The summed E-state index contributed by atoms with van der Waals surface area (Å²) < 4.78 is 0. The van der Waals surface area contributed by atoms with Crippen molar-refractivity contribution < 1.29 is 4.79 Å². The summed E-state index contributed by atoms with van der Waals surface area (Å²) in [6.45, 7) is 5.63. The van der Waals surface area contributed by atoms with Crippen LogP contribution in [0.2, 0.25) is 0 Å². The van der Waals surface area contributed by atoms with E-state index in [9.17, 15) is 4.79 Å². The molecule has 1 saturated heterocycles. The summed E-state index contributed by atoms with van der Waals surface area (Å²) in [6, 6.07) is 0.696. The predicted octanol–water partition coefficient (Wildman–Crippen LogP) is 1.48. The highest BCUT2D eigenvalue weighted by atomic mass is 16.2. The Bertz CT molecular complexity index is 224. The quantitative estimate of drug-likeness (QED) is 0.689. The first-order valence-corrected chi connectivity index (χ1v) is 6.33. The van der Waals surface area contributed by atoms with Crippen LogP contribution in [0.3, 0.4) is 0 Å². The number of hydrogen-bond donors (Lipinski definition) is 0. The fourth-order valence-electron chi connectivity index (χ4n) is 2.82. The van der Waals surface area contributed by atoms with E-state index in [1.54, 1.807) is 0 Å². The Balaban J connectivity index is 1.87. The highest BCUT2D eigenvalue weighted by Gasteiger charge is 2.28. The maximum absolute atomic E-state index is 11.8. The standard InChI is InChI=1S/C12H22N2O/c1-2-13-8-9-14(10-12(13)15)11-6-4-3-5-7-11/h11H,2-10H2,1H3. The van der Waals surface area contributed by atoms with E-state index in [0.29, 0.717) is 18.5 Å². The molecule has 1 aliphatic carbocycles. The zero-order valence-electron chi connectivity index (χ0n) is 9.74. The number of piperazine rings is 1. The lowest BCUT2D eigenvalue weighted by molar-refractivity contribution is -0.137. The second-order valence-corrected chi connectivity index (χ2v) is 4.74. The van der Waals surface area contributed by atoms with Gasteiger partial charge in [0.1, 0.15) is 0 Å². The number of hydrogen-bond acceptors (Lipinski definition) is 2. The van der Waals surface area contributed by atoms with E-state index in [-0.39, 0.29) is 0 Å². The Hall–Kier alpha value is -0.570. The average molecular weight is 210 g/mol. The Labute approximate surface area is 92.4 Å². The van der Waals surface area contributed by atoms with Gasteiger partial charge in [-0.15, -0.1) is 0 Å². The van der Waals surface area contributed by atoms with Crippen LogP contribution in [-0.4, -0.2) is 47.9 Å². The Morgan fingerprint density at radius 3 is 2.53 bits per heavy atom. The monoisotopic (exact) mass is 210 g/mol. The number of amides is 1. The maximum Gasteiger partial charge on any atom is 0.236 e. The summed E-state index contributed by atoms with van der Waals surface area (Å²) >= 11 is 0. The first-order chi connectivity index (χ1) is 7.31. The van der Waals surface area contributed by atoms with Gasteiger partial charge in [-0.1, -0.05) is 19.3 Å². The lowest BCUT2D eigenvalue weighted by Gasteiger charge is -2.39. The molecule has 1 saturated carbocycles. The molecule has 0 aromatic carbocycles. The van der Waals surface area contributed by atoms with Crippen LogP contribution in [0.1, 0.15) is 39.0 Å².